The first-order valence-electron chi connectivity index (χ1n) is 9.38. The molecule has 156 valence electrons. The predicted octanol–water partition coefficient (Wildman–Crippen LogP) is 3.19. The van der Waals surface area contributed by atoms with Crippen molar-refractivity contribution in [1.29, 1.82) is 0 Å². The molecule has 1 aliphatic rings. The van der Waals surface area contributed by atoms with Crippen molar-refractivity contribution < 1.29 is 28.5 Å². The smallest absolute Gasteiger partial charge is 0.251 e. The van der Waals surface area contributed by atoms with Crippen LogP contribution in [0.3, 0.4) is 0 Å². The van der Waals surface area contributed by atoms with Crippen LogP contribution in [-0.4, -0.2) is 47.0 Å². The Morgan fingerprint density at radius 2 is 1.59 bits per heavy atom. The Labute approximate surface area is 170 Å². The Morgan fingerprint density at radius 1 is 0.966 bits per heavy atom. The van der Waals surface area contributed by atoms with Crippen molar-refractivity contribution >= 4 is 5.91 Å². The first kappa shape index (κ1) is 20.6. The minimum atomic E-state index is -0.313. The average Bonchev–Trinajstić information content (AvgIpc) is 2.75. The largest absolute Gasteiger partial charge is 0.493 e. The van der Waals surface area contributed by atoms with Gasteiger partial charge in [0.1, 0.15) is 13.2 Å². The number of methoxy groups -OCH3 is 3. The van der Waals surface area contributed by atoms with E-state index < -0.39 is 0 Å². The van der Waals surface area contributed by atoms with Gasteiger partial charge in [-0.3, -0.25) is 4.79 Å². The SMILES string of the molecule is COc1cc(C(=O)NCC(C)(C)c2ccc3c(c2)OCCO3)cc(OC)c1OC. The number of amides is 1. The van der Waals surface area contributed by atoms with Gasteiger partial charge in [-0.15, -0.1) is 0 Å². The van der Waals surface area contributed by atoms with E-state index in [2.05, 4.69) is 19.2 Å². The van der Waals surface area contributed by atoms with Gasteiger partial charge in [0.25, 0.3) is 5.91 Å². The summed E-state index contributed by atoms with van der Waals surface area (Å²) in [6.07, 6.45) is 0. The lowest BCUT2D eigenvalue weighted by molar-refractivity contribution is 0.0944. The molecule has 1 N–H and O–H groups in total. The van der Waals surface area contributed by atoms with Crippen molar-refractivity contribution in [1.82, 2.24) is 5.32 Å². The third-order valence-corrected chi connectivity index (χ3v) is 4.94. The molecule has 1 heterocycles. The molecule has 0 aliphatic carbocycles. The fourth-order valence-corrected chi connectivity index (χ4v) is 3.18. The van der Waals surface area contributed by atoms with Gasteiger partial charge in [0.15, 0.2) is 23.0 Å². The van der Waals surface area contributed by atoms with Crippen LogP contribution in [0.4, 0.5) is 0 Å². The molecule has 0 unspecified atom stereocenters. The number of benzene rings is 2. The lowest BCUT2D eigenvalue weighted by Gasteiger charge is -2.28. The molecule has 7 heteroatoms. The van der Waals surface area contributed by atoms with Crippen molar-refractivity contribution in [3.05, 3.63) is 41.5 Å². The summed E-state index contributed by atoms with van der Waals surface area (Å²) < 4.78 is 27.2. The Hall–Kier alpha value is -3.09. The van der Waals surface area contributed by atoms with Crippen LogP contribution in [0.2, 0.25) is 0 Å². The summed E-state index contributed by atoms with van der Waals surface area (Å²) in [6.45, 7) is 5.65. The topological polar surface area (TPSA) is 75.3 Å². The van der Waals surface area contributed by atoms with E-state index in [1.807, 2.05) is 18.2 Å². The van der Waals surface area contributed by atoms with Crippen molar-refractivity contribution in [2.24, 2.45) is 0 Å². The van der Waals surface area contributed by atoms with E-state index in [0.717, 1.165) is 17.1 Å². The van der Waals surface area contributed by atoms with Crippen LogP contribution in [0.15, 0.2) is 30.3 Å². The molecular formula is C22H27NO6. The second-order valence-electron chi connectivity index (χ2n) is 7.34. The van der Waals surface area contributed by atoms with Gasteiger partial charge in [0, 0.05) is 17.5 Å². The third-order valence-electron chi connectivity index (χ3n) is 4.94. The van der Waals surface area contributed by atoms with Gasteiger partial charge in [-0.25, -0.2) is 0 Å². The monoisotopic (exact) mass is 401 g/mol. The molecule has 3 rings (SSSR count). The van der Waals surface area contributed by atoms with Crippen LogP contribution in [0.25, 0.3) is 0 Å². The summed E-state index contributed by atoms with van der Waals surface area (Å²) in [6, 6.07) is 9.15. The molecule has 0 atom stereocenters. The molecule has 0 radical (unpaired) electrons. The molecule has 0 bridgehead atoms. The number of hydrogen-bond donors (Lipinski definition) is 1. The van der Waals surface area contributed by atoms with E-state index >= 15 is 0 Å². The Bertz CT molecular complexity index is 868. The zero-order valence-corrected chi connectivity index (χ0v) is 17.5. The molecule has 7 nitrogen and oxygen atoms in total. The molecule has 1 amide bonds. The molecule has 1 aliphatic heterocycles. The zero-order chi connectivity index (χ0) is 21.0. The van der Waals surface area contributed by atoms with Crippen molar-refractivity contribution in [2.45, 2.75) is 19.3 Å². The fraction of sp³-hybridized carbons (Fsp3) is 0.409. The number of rotatable bonds is 7. The second kappa shape index (κ2) is 8.51. The first-order valence-corrected chi connectivity index (χ1v) is 9.38. The maximum absolute atomic E-state index is 12.8. The van der Waals surface area contributed by atoms with Crippen molar-refractivity contribution in [2.75, 3.05) is 41.1 Å². The van der Waals surface area contributed by atoms with E-state index in [1.54, 1.807) is 12.1 Å². The van der Waals surface area contributed by atoms with Gasteiger partial charge < -0.3 is 29.0 Å². The number of fused-ring (bicyclic) bond motifs is 1. The summed E-state index contributed by atoms with van der Waals surface area (Å²) in [5.74, 6) is 2.57. The highest BCUT2D eigenvalue weighted by molar-refractivity contribution is 5.95. The zero-order valence-electron chi connectivity index (χ0n) is 17.5. The average molecular weight is 401 g/mol. The van der Waals surface area contributed by atoms with Gasteiger partial charge in [0.2, 0.25) is 5.75 Å². The highest BCUT2D eigenvalue weighted by Crippen LogP contribution is 2.38. The van der Waals surface area contributed by atoms with Crippen LogP contribution in [0.5, 0.6) is 28.7 Å². The standard InChI is InChI=1S/C22H27NO6/c1-22(2,15-6-7-16-17(12-15)29-9-8-28-16)13-23-21(24)14-10-18(25-3)20(27-5)19(11-14)26-4/h6-7,10-12H,8-9,13H2,1-5H3,(H,23,24). The second-order valence-corrected chi connectivity index (χ2v) is 7.34. The van der Waals surface area contributed by atoms with Crippen LogP contribution in [-0.2, 0) is 5.41 Å². The third kappa shape index (κ3) is 4.34. The molecule has 0 spiro atoms. The summed E-state index contributed by atoms with van der Waals surface area (Å²) in [5, 5.41) is 2.99. The number of carbonyl (C=O) groups excluding carboxylic acids is 1. The van der Waals surface area contributed by atoms with Crippen LogP contribution in [0, 0.1) is 0 Å². The van der Waals surface area contributed by atoms with Gasteiger partial charge >= 0.3 is 0 Å². The van der Waals surface area contributed by atoms with Crippen molar-refractivity contribution in [3.63, 3.8) is 0 Å². The van der Waals surface area contributed by atoms with Crippen molar-refractivity contribution in [3.8, 4) is 28.7 Å². The van der Waals surface area contributed by atoms with Gasteiger partial charge in [0.05, 0.1) is 21.3 Å². The predicted molar refractivity (Wildman–Crippen MR) is 109 cm³/mol. The minimum absolute atomic E-state index is 0.227. The number of carbonyl (C=O) groups is 1. The maximum atomic E-state index is 12.8. The summed E-state index contributed by atoms with van der Waals surface area (Å²) >= 11 is 0. The maximum Gasteiger partial charge on any atom is 0.251 e. The minimum Gasteiger partial charge on any atom is -0.493 e. The molecule has 29 heavy (non-hydrogen) atoms. The van der Waals surface area contributed by atoms with E-state index in [9.17, 15) is 4.79 Å². The summed E-state index contributed by atoms with van der Waals surface area (Å²) in [5.41, 5.74) is 1.16. The Balaban J connectivity index is 1.76. The van der Waals surface area contributed by atoms with Gasteiger partial charge in [-0.2, -0.15) is 0 Å². The molecular weight excluding hydrogens is 374 g/mol. The van der Waals surface area contributed by atoms with E-state index in [4.69, 9.17) is 23.7 Å². The first-order chi connectivity index (χ1) is 13.9. The molecule has 0 aromatic heterocycles. The van der Waals surface area contributed by atoms with E-state index in [1.165, 1.54) is 21.3 Å². The molecule has 0 saturated heterocycles. The fourth-order valence-electron chi connectivity index (χ4n) is 3.18. The lowest BCUT2D eigenvalue weighted by atomic mass is 9.84. The molecule has 0 saturated carbocycles. The normalized spacial score (nSPS) is 12.9. The summed E-state index contributed by atoms with van der Waals surface area (Å²) in [4.78, 5) is 12.8. The Kier molecular flexibility index (Phi) is 6.06. The van der Waals surface area contributed by atoms with E-state index in [-0.39, 0.29) is 11.3 Å². The van der Waals surface area contributed by atoms with Crippen LogP contribution in [0.1, 0.15) is 29.8 Å². The Morgan fingerprint density at radius 3 is 2.17 bits per heavy atom. The number of hydrogen-bond acceptors (Lipinski definition) is 6. The van der Waals surface area contributed by atoms with Crippen LogP contribution < -0.4 is 29.0 Å². The number of ether oxygens (including phenoxy) is 5. The highest BCUT2D eigenvalue weighted by Gasteiger charge is 2.25. The highest BCUT2D eigenvalue weighted by atomic mass is 16.6. The lowest BCUT2D eigenvalue weighted by Crippen LogP contribution is -2.36. The van der Waals surface area contributed by atoms with Crippen LogP contribution >= 0.6 is 0 Å². The van der Waals surface area contributed by atoms with E-state index in [0.29, 0.717) is 42.6 Å². The van der Waals surface area contributed by atoms with Gasteiger partial charge in [-0.1, -0.05) is 19.9 Å². The summed E-state index contributed by atoms with van der Waals surface area (Å²) in [7, 11) is 4.56. The molecule has 0 fully saturated rings. The van der Waals surface area contributed by atoms with Gasteiger partial charge in [-0.05, 0) is 29.8 Å². The molecule has 2 aromatic rings. The molecule has 2 aromatic carbocycles. The quantitative estimate of drug-likeness (QED) is 0.768. The number of nitrogens with one attached hydrogen (secondary N) is 1.